The predicted octanol–water partition coefficient (Wildman–Crippen LogP) is -0.707. The van der Waals surface area contributed by atoms with Gasteiger partial charge < -0.3 is 14.8 Å². The summed E-state index contributed by atoms with van der Waals surface area (Å²) in [5.41, 5.74) is -0.469. The Labute approximate surface area is 149 Å². The van der Waals surface area contributed by atoms with Crippen molar-refractivity contribution < 1.29 is 13.2 Å². The number of anilines is 1. The fraction of sp³-hybridized carbons (Fsp3) is 0.375. The summed E-state index contributed by atoms with van der Waals surface area (Å²) in [4.78, 5) is 39.1. The summed E-state index contributed by atoms with van der Waals surface area (Å²) in [7, 11) is -3.31. The van der Waals surface area contributed by atoms with Crippen LogP contribution in [0.15, 0.2) is 41.6 Å². The second-order valence-corrected chi connectivity index (χ2v) is 8.52. The first-order chi connectivity index (χ1) is 12.5. The van der Waals surface area contributed by atoms with E-state index in [0.717, 1.165) is 0 Å². The molecule has 4 heterocycles. The molecule has 26 heavy (non-hydrogen) atoms. The van der Waals surface area contributed by atoms with Gasteiger partial charge in [-0.1, -0.05) is 0 Å². The average Bonchev–Trinajstić information content (AvgIpc) is 2.96. The van der Waals surface area contributed by atoms with Gasteiger partial charge in [-0.3, -0.25) is 9.59 Å². The molecule has 0 aromatic carbocycles. The Balaban J connectivity index is 1.69. The predicted molar refractivity (Wildman–Crippen MR) is 93.7 cm³/mol. The number of rotatable bonds is 2. The number of pyridine rings is 1. The summed E-state index contributed by atoms with van der Waals surface area (Å²) >= 11 is 0. The molecule has 1 N–H and O–H groups in total. The number of aromatic amines is 1. The summed E-state index contributed by atoms with van der Waals surface area (Å²) in [6, 6.07) is 3.75. The Bertz CT molecular complexity index is 991. The van der Waals surface area contributed by atoms with E-state index in [1.54, 1.807) is 24.5 Å². The molecule has 0 radical (unpaired) electrons. The van der Waals surface area contributed by atoms with Crippen LogP contribution in [-0.4, -0.2) is 70.9 Å². The van der Waals surface area contributed by atoms with Crippen molar-refractivity contribution >= 4 is 21.7 Å². The number of hydrogen-bond acceptors (Lipinski definition) is 7. The zero-order chi connectivity index (χ0) is 18.3. The molecule has 2 aromatic rings. The Hall–Kier alpha value is -2.75. The van der Waals surface area contributed by atoms with Crippen LogP contribution in [0.4, 0.5) is 5.95 Å². The molecule has 136 valence electrons. The third-order valence-electron chi connectivity index (χ3n) is 4.79. The smallest absolute Gasteiger partial charge is 0.260 e. The number of aromatic nitrogens is 3. The molecular formula is C16H17N5O4S. The Morgan fingerprint density at radius 1 is 1.12 bits per heavy atom. The Morgan fingerprint density at radius 3 is 2.58 bits per heavy atom. The lowest BCUT2D eigenvalue weighted by Crippen LogP contribution is -2.61. The second kappa shape index (κ2) is 6.20. The van der Waals surface area contributed by atoms with Gasteiger partial charge in [0.15, 0.2) is 9.84 Å². The summed E-state index contributed by atoms with van der Waals surface area (Å²) in [5, 5.41) is 0. The first kappa shape index (κ1) is 16.7. The van der Waals surface area contributed by atoms with Crippen LogP contribution in [0, 0.1) is 0 Å². The lowest BCUT2D eigenvalue weighted by atomic mass is 10.0. The molecule has 0 saturated carbocycles. The van der Waals surface area contributed by atoms with Crippen molar-refractivity contribution in [1.29, 1.82) is 0 Å². The van der Waals surface area contributed by atoms with E-state index in [9.17, 15) is 18.0 Å². The van der Waals surface area contributed by atoms with Gasteiger partial charge in [0.25, 0.3) is 11.5 Å². The highest BCUT2D eigenvalue weighted by molar-refractivity contribution is 7.91. The van der Waals surface area contributed by atoms with E-state index in [1.807, 2.05) is 4.90 Å². The first-order valence-corrected chi connectivity index (χ1v) is 10.0. The van der Waals surface area contributed by atoms with Gasteiger partial charge in [-0.15, -0.1) is 0 Å². The largest absolute Gasteiger partial charge is 0.333 e. The highest BCUT2D eigenvalue weighted by Gasteiger charge is 2.49. The van der Waals surface area contributed by atoms with Crippen molar-refractivity contribution in [3.05, 3.63) is 52.7 Å². The third kappa shape index (κ3) is 2.85. The van der Waals surface area contributed by atoms with Gasteiger partial charge in [-0.2, -0.15) is 0 Å². The van der Waals surface area contributed by atoms with E-state index in [4.69, 9.17) is 0 Å². The lowest BCUT2D eigenvalue weighted by molar-refractivity contribution is 0.0646. The number of nitrogens with zero attached hydrogens (tertiary/aromatic N) is 4. The van der Waals surface area contributed by atoms with Gasteiger partial charge in [0.05, 0.1) is 23.6 Å². The second-order valence-electron chi connectivity index (χ2n) is 6.37. The average molecular weight is 375 g/mol. The number of piperazine rings is 1. The molecule has 9 nitrogen and oxygen atoms in total. The molecule has 2 aliphatic heterocycles. The topological polar surface area (TPSA) is 116 Å². The van der Waals surface area contributed by atoms with Crippen LogP contribution < -0.4 is 10.5 Å². The fourth-order valence-electron chi connectivity index (χ4n) is 3.64. The maximum atomic E-state index is 12.9. The highest BCUT2D eigenvalue weighted by atomic mass is 32.2. The van der Waals surface area contributed by atoms with Gasteiger partial charge in [-0.25, -0.2) is 18.4 Å². The van der Waals surface area contributed by atoms with E-state index < -0.39 is 33.4 Å². The van der Waals surface area contributed by atoms with Crippen molar-refractivity contribution in [3.63, 3.8) is 0 Å². The monoisotopic (exact) mass is 375 g/mol. The number of carbonyl (C=O) groups is 1. The molecule has 2 atom stereocenters. The van der Waals surface area contributed by atoms with Crippen molar-refractivity contribution in [3.8, 4) is 0 Å². The lowest BCUT2D eigenvalue weighted by Gasteiger charge is -2.43. The molecule has 10 heteroatoms. The molecule has 0 bridgehead atoms. The van der Waals surface area contributed by atoms with Crippen LogP contribution in [0.1, 0.15) is 10.4 Å². The van der Waals surface area contributed by atoms with Gasteiger partial charge >= 0.3 is 0 Å². The van der Waals surface area contributed by atoms with Crippen molar-refractivity contribution in [2.24, 2.45) is 0 Å². The number of sulfone groups is 1. The minimum atomic E-state index is -3.31. The molecule has 4 rings (SSSR count). The molecule has 0 unspecified atom stereocenters. The van der Waals surface area contributed by atoms with E-state index in [0.29, 0.717) is 19.0 Å². The number of nitrogens with one attached hydrogen (secondary N) is 1. The quantitative estimate of drug-likeness (QED) is 0.737. The van der Waals surface area contributed by atoms with Crippen molar-refractivity contribution in [1.82, 2.24) is 19.9 Å². The van der Waals surface area contributed by atoms with Crippen LogP contribution in [0.3, 0.4) is 0 Å². The number of carbonyl (C=O) groups excluding carboxylic acids is 1. The summed E-state index contributed by atoms with van der Waals surface area (Å²) in [5.74, 6) is -0.195. The molecule has 2 fully saturated rings. The zero-order valence-corrected chi connectivity index (χ0v) is 14.6. The molecule has 2 aliphatic rings. The molecule has 0 aliphatic carbocycles. The van der Waals surface area contributed by atoms with Gasteiger partial charge in [0.1, 0.15) is 5.56 Å². The number of hydrogen-bond donors (Lipinski definition) is 1. The normalized spacial score (nSPS) is 24.3. The van der Waals surface area contributed by atoms with Crippen LogP contribution >= 0.6 is 0 Å². The van der Waals surface area contributed by atoms with E-state index >= 15 is 0 Å². The molecular weight excluding hydrogens is 358 g/mol. The Kier molecular flexibility index (Phi) is 3.98. The number of fused-ring (bicyclic) bond motifs is 1. The highest BCUT2D eigenvalue weighted by Crippen LogP contribution is 2.29. The number of amides is 1. The maximum Gasteiger partial charge on any atom is 0.260 e. The summed E-state index contributed by atoms with van der Waals surface area (Å²) < 4.78 is 24.5. The standard InChI is InChI=1S/C16H17N5O4S/c22-14-11(3-1-4-17-14)15(23)20-7-8-21(16-18-5-2-6-19-16)13-10-26(24,25)9-12(13)20/h1-6,12-13H,7-10H2,(H,17,22)/t12-,13+/m0/s1. The van der Waals surface area contributed by atoms with Crippen LogP contribution in [-0.2, 0) is 9.84 Å². The minimum Gasteiger partial charge on any atom is -0.333 e. The van der Waals surface area contributed by atoms with Crippen molar-refractivity contribution in [2.75, 3.05) is 29.5 Å². The Morgan fingerprint density at radius 2 is 1.85 bits per heavy atom. The maximum absolute atomic E-state index is 12.9. The zero-order valence-electron chi connectivity index (χ0n) is 13.8. The third-order valence-corrected chi connectivity index (χ3v) is 6.49. The van der Waals surface area contributed by atoms with E-state index in [1.165, 1.54) is 17.2 Å². The molecule has 0 spiro atoms. The van der Waals surface area contributed by atoms with Crippen LogP contribution in [0.25, 0.3) is 0 Å². The van der Waals surface area contributed by atoms with Gasteiger partial charge in [0, 0.05) is 31.7 Å². The summed E-state index contributed by atoms with van der Waals surface area (Å²) in [6.07, 6.45) is 4.65. The van der Waals surface area contributed by atoms with Crippen LogP contribution in [0.2, 0.25) is 0 Å². The fourth-order valence-corrected chi connectivity index (χ4v) is 5.62. The molecule has 1 amide bonds. The van der Waals surface area contributed by atoms with Crippen molar-refractivity contribution in [2.45, 2.75) is 12.1 Å². The SMILES string of the molecule is O=C(c1ccc[nH]c1=O)N1CCN(c2ncccn2)[C@@H]2CS(=O)(=O)C[C@@H]21. The van der Waals surface area contributed by atoms with Gasteiger partial charge in [0.2, 0.25) is 5.95 Å². The van der Waals surface area contributed by atoms with E-state index in [2.05, 4.69) is 15.0 Å². The van der Waals surface area contributed by atoms with Crippen LogP contribution in [0.5, 0.6) is 0 Å². The molecule has 2 aromatic heterocycles. The van der Waals surface area contributed by atoms with Gasteiger partial charge in [-0.05, 0) is 18.2 Å². The number of H-pyrrole nitrogens is 1. The minimum absolute atomic E-state index is 0.0139. The van der Waals surface area contributed by atoms with E-state index in [-0.39, 0.29) is 17.1 Å². The summed E-state index contributed by atoms with van der Waals surface area (Å²) in [6.45, 7) is 0.694. The first-order valence-electron chi connectivity index (χ1n) is 8.19. The molecule has 2 saturated heterocycles.